The second-order valence-corrected chi connectivity index (χ2v) is 6.62. The molecule has 3 amide bonds. The molecule has 2 N–H and O–H groups in total. The van der Waals surface area contributed by atoms with E-state index in [9.17, 15) is 14.4 Å². The molecule has 146 valence electrons. The molecule has 0 saturated carbocycles. The van der Waals surface area contributed by atoms with Crippen molar-refractivity contribution >= 4 is 17.7 Å². The van der Waals surface area contributed by atoms with Crippen molar-refractivity contribution in [1.82, 2.24) is 15.5 Å². The van der Waals surface area contributed by atoms with Crippen molar-refractivity contribution < 1.29 is 23.9 Å². The fraction of sp³-hybridized carbons (Fsp3) is 0.526. The van der Waals surface area contributed by atoms with Crippen molar-refractivity contribution in [3.63, 3.8) is 0 Å². The maximum Gasteiger partial charge on any atom is 0.261 e. The van der Waals surface area contributed by atoms with Crippen molar-refractivity contribution in [2.24, 2.45) is 0 Å². The summed E-state index contributed by atoms with van der Waals surface area (Å²) in [5.41, 5.74) is 0.991. The highest BCUT2D eigenvalue weighted by atomic mass is 16.5. The zero-order chi connectivity index (χ0) is 19.2. The Labute approximate surface area is 158 Å². The van der Waals surface area contributed by atoms with Crippen molar-refractivity contribution in [2.75, 3.05) is 46.5 Å². The average molecular weight is 375 g/mol. The normalized spacial score (nSPS) is 18.9. The summed E-state index contributed by atoms with van der Waals surface area (Å²) in [4.78, 5) is 38.6. The minimum absolute atomic E-state index is 0.0967. The van der Waals surface area contributed by atoms with E-state index in [1.807, 2.05) is 0 Å². The van der Waals surface area contributed by atoms with Gasteiger partial charge in [0.1, 0.15) is 0 Å². The molecule has 1 fully saturated rings. The van der Waals surface area contributed by atoms with Crippen molar-refractivity contribution in [3.05, 3.63) is 34.9 Å². The van der Waals surface area contributed by atoms with Crippen molar-refractivity contribution in [3.8, 4) is 0 Å². The summed E-state index contributed by atoms with van der Waals surface area (Å²) in [5, 5.41) is 5.92. The molecule has 1 aromatic rings. The predicted molar refractivity (Wildman–Crippen MR) is 97.9 cm³/mol. The van der Waals surface area contributed by atoms with E-state index in [-0.39, 0.29) is 35.9 Å². The molecular weight excluding hydrogens is 350 g/mol. The van der Waals surface area contributed by atoms with Crippen LogP contribution in [-0.4, -0.2) is 75.2 Å². The number of nitrogens with one attached hydrogen (secondary N) is 2. The Morgan fingerprint density at radius 3 is 2.78 bits per heavy atom. The Morgan fingerprint density at radius 2 is 2.04 bits per heavy atom. The van der Waals surface area contributed by atoms with Crippen LogP contribution in [0.5, 0.6) is 0 Å². The van der Waals surface area contributed by atoms with Gasteiger partial charge in [-0.1, -0.05) is 0 Å². The Bertz CT molecular complexity index is 715. The highest BCUT2D eigenvalue weighted by Gasteiger charge is 2.37. The van der Waals surface area contributed by atoms with Gasteiger partial charge in [0.25, 0.3) is 17.7 Å². The molecule has 0 spiro atoms. The van der Waals surface area contributed by atoms with Gasteiger partial charge in [-0.2, -0.15) is 0 Å². The van der Waals surface area contributed by atoms with E-state index >= 15 is 0 Å². The van der Waals surface area contributed by atoms with Crippen LogP contribution in [0, 0.1) is 0 Å². The van der Waals surface area contributed by atoms with Crippen LogP contribution >= 0.6 is 0 Å². The lowest BCUT2D eigenvalue weighted by Gasteiger charge is -2.17. The zero-order valence-corrected chi connectivity index (χ0v) is 15.5. The second-order valence-electron chi connectivity index (χ2n) is 6.62. The Morgan fingerprint density at radius 1 is 1.22 bits per heavy atom. The third kappa shape index (κ3) is 4.52. The Balaban J connectivity index is 1.58. The first-order valence-electron chi connectivity index (χ1n) is 9.21. The quantitative estimate of drug-likeness (QED) is 0.480. The number of rotatable bonds is 9. The number of benzene rings is 1. The summed E-state index contributed by atoms with van der Waals surface area (Å²) in [6.45, 7) is 3.32. The second kappa shape index (κ2) is 9.07. The lowest BCUT2D eigenvalue weighted by atomic mass is 10.1. The molecule has 2 aliphatic rings. The van der Waals surface area contributed by atoms with Crippen LogP contribution in [0.1, 0.15) is 43.9 Å². The summed E-state index contributed by atoms with van der Waals surface area (Å²) >= 11 is 0. The minimum atomic E-state index is -0.360. The van der Waals surface area contributed by atoms with Gasteiger partial charge in [-0.15, -0.1) is 0 Å². The Hall–Kier alpha value is -2.29. The molecule has 3 rings (SSSR count). The average Bonchev–Trinajstić information content (AvgIpc) is 3.27. The summed E-state index contributed by atoms with van der Waals surface area (Å²) in [6.07, 6.45) is 1.69. The SMILES string of the molecule is COCCNCCNC(=O)c1ccc2c(c1)C(=O)N(CC1CCCO1)C2=O. The number of hydrogen-bond donors (Lipinski definition) is 2. The lowest BCUT2D eigenvalue weighted by Crippen LogP contribution is -2.36. The molecule has 1 aromatic carbocycles. The summed E-state index contributed by atoms with van der Waals surface area (Å²) in [6, 6.07) is 4.63. The third-order valence-electron chi connectivity index (χ3n) is 4.71. The van der Waals surface area contributed by atoms with E-state index in [1.54, 1.807) is 19.2 Å². The van der Waals surface area contributed by atoms with Crippen LogP contribution < -0.4 is 10.6 Å². The molecule has 2 aliphatic heterocycles. The maximum atomic E-state index is 12.6. The number of nitrogens with zero attached hydrogens (tertiary/aromatic N) is 1. The van der Waals surface area contributed by atoms with Gasteiger partial charge in [0.05, 0.1) is 30.4 Å². The molecule has 1 atom stereocenters. The molecule has 0 bridgehead atoms. The summed E-state index contributed by atoms with van der Waals surface area (Å²) in [5.74, 6) is -0.953. The van der Waals surface area contributed by atoms with Crippen LogP contribution in [-0.2, 0) is 9.47 Å². The summed E-state index contributed by atoms with van der Waals surface area (Å²) in [7, 11) is 1.63. The molecule has 0 aliphatic carbocycles. The lowest BCUT2D eigenvalue weighted by molar-refractivity contribution is 0.0475. The number of ether oxygens (including phenoxy) is 2. The molecule has 8 nitrogen and oxygen atoms in total. The fourth-order valence-electron chi connectivity index (χ4n) is 3.26. The number of imide groups is 1. The largest absolute Gasteiger partial charge is 0.383 e. The van der Waals surface area contributed by atoms with E-state index < -0.39 is 0 Å². The molecule has 27 heavy (non-hydrogen) atoms. The first kappa shape index (κ1) is 19.5. The molecule has 2 heterocycles. The van der Waals surface area contributed by atoms with E-state index in [1.165, 1.54) is 11.0 Å². The van der Waals surface area contributed by atoms with E-state index in [2.05, 4.69) is 10.6 Å². The number of fused-ring (bicyclic) bond motifs is 1. The highest BCUT2D eigenvalue weighted by Crippen LogP contribution is 2.26. The van der Waals surface area contributed by atoms with Crippen LogP contribution in [0.25, 0.3) is 0 Å². The molecule has 8 heteroatoms. The predicted octanol–water partition coefficient (Wildman–Crippen LogP) is 0.427. The topological polar surface area (TPSA) is 97.0 Å². The highest BCUT2D eigenvalue weighted by molar-refractivity contribution is 6.22. The first-order valence-corrected chi connectivity index (χ1v) is 9.21. The number of carbonyl (C=O) groups excluding carboxylic acids is 3. The van der Waals surface area contributed by atoms with Crippen molar-refractivity contribution in [1.29, 1.82) is 0 Å². The van der Waals surface area contributed by atoms with Crippen molar-refractivity contribution in [2.45, 2.75) is 18.9 Å². The van der Waals surface area contributed by atoms with E-state index in [4.69, 9.17) is 9.47 Å². The molecule has 1 unspecified atom stereocenters. The third-order valence-corrected chi connectivity index (χ3v) is 4.71. The Kier molecular flexibility index (Phi) is 6.54. The van der Waals surface area contributed by atoms with Gasteiger partial charge in [0.2, 0.25) is 0 Å². The van der Waals surface area contributed by atoms with Gasteiger partial charge in [0, 0.05) is 38.9 Å². The smallest absolute Gasteiger partial charge is 0.261 e. The van der Waals surface area contributed by atoms with Gasteiger partial charge in [-0.3, -0.25) is 19.3 Å². The maximum absolute atomic E-state index is 12.6. The number of hydrogen-bond acceptors (Lipinski definition) is 6. The van der Waals surface area contributed by atoms with E-state index in [0.29, 0.717) is 44.0 Å². The fourth-order valence-corrected chi connectivity index (χ4v) is 3.26. The molecule has 1 saturated heterocycles. The summed E-state index contributed by atoms with van der Waals surface area (Å²) < 4.78 is 10.5. The molecule has 0 radical (unpaired) electrons. The monoisotopic (exact) mass is 375 g/mol. The van der Waals surface area contributed by atoms with Crippen LogP contribution in [0.2, 0.25) is 0 Å². The van der Waals surface area contributed by atoms with Crippen LogP contribution in [0.3, 0.4) is 0 Å². The van der Waals surface area contributed by atoms with Gasteiger partial charge in [-0.25, -0.2) is 0 Å². The van der Waals surface area contributed by atoms with Gasteiger partial charge in [0.15, 0.2) is 0 Å². The molecular formula is C19H25N3O5. The van der Waals surface area contributed by atoms with Crippen LogP contribution in [0.4, 0.5) is 0 Å². The number of carbonyl (C=O) groups is 3. The minimum Gasteiger partial charge on any atom is -0.383 e. The first-order chi connectivity index (χ1) is 13.1. The number of methoxy groups -OCH3 is 1. The van der Waals surface area contributed by atoms with Gasteiger partial charge >= 0.3 is 0 Å². The standard InChI is InChI=1S/C19H25N3O5/c1-26-10-8-20-6-7-21-17(23)13-4-5-15-16(11-13)19(25)22(18(15)24)12-14-3-2-9-27-14/h4-5,11,14,20H,2-3,6-10,12H2,1H3,(H,21,23). The zero-order valence-electron chi connectivity index (χ0n) is 15.5. The molecule has 0 aromatic heterocycles. The number of amides is 3. The van der Waals surface area contributed by atoms with Crippen LogP contribution in [0.15, 0.2) is 18.2 Å². The van der Waals surface area contributed by atoms with Gasteiger partial charge < -0.3 is 20.1 Å². The van der Waals surface area contributed by atoms with Gasteiger partial charge in [-0.05, 0) is 31.0 Å². The van der Waals surface area contributed by atoms with E-state index in [0.717, 1.165) is 12.8 Å².